The summed E-state index contributed by atoms with van der Waals surface area (Å²) in [5, 5.41) is 10.7. The van der Waals surface area contributed by atoms with E-state index in [1.165, 1.54) is 12.1 Å². The Bertz CT molecular complexity index is 593. The molecule has 0 unspecified atom stereocenters. The lowest BCUT2D eigenvalue weighted by Crippen LogP contribution is -2.00. The van der Waals surface area contributed by atoms with Crippen molar-refractivity contribution in [3.63, 3.8) is 0 Å². The summed E-state index contributed by atoms with van der Waals surface area (Å²) in [4.78, 5) is 14.4. The summed E-state index contributed by atoms with van der Waals surface area (Å²) >= 11 is 0. The van der Waals surface area contributed by atoms with Crippen LogP contribution in [0.3, 0.4) is 0 Å². The van der Waals surface area contributed by atoms with Crippen LogP contribution in [0.2, 0.25) is 0 Å². The van der Waals surface area contributed by atoms with Gasteiger partial charge in [-0.2, -0.15) is 0 Å². The van der Waals surface area contributed by atoms with Crippen LogP contribution in [0, 0.1) is 17.0 Å². The van der Waals surface area contributed by atoms with E-state index in [4.69, 9.17) is 10.2 Å². The smallest absolute Gasteiger partial charge is 0.269 e. The van der Waals surface area contributed by atoms with E-state index in [-0.39, 0.29) is 5.69 Å². The molecule has 0 spiro atoms. The van der Waals surface area contributed by atoms with E-state index in [1.54, 1.807) is 12.3 Å². The second-order valence-electron chi connectivity index (χ2n) is 4.27. The van der Waals surface area contributed by atoms with Crippen molar-refractivity contribution in [2.24, 2.45) is 5.73 Å². The van der Waals surface area contributed by atoms with Gasteiger partial charge in [-0.15, -0.1) is 0 Å². The standard InChI is InChI=1S/C13H15N3O3/c1-9-7-10(16(17)18)4-5-11(9)12-8-15-13(19-12)3-2-6-14/h4-5,7-8H,2-3,6,14H2,1H3. The molecule has 0 aliphatic heterocycles. The second-order valence-corrected chi connectivity index (χ2v) is 4.27. The van der Waals surface area contributed by atoms with E-state index in [2.05, 4.69) is 4.98 Å². The third kappa shape index (κ3) is 2.97. The molecule has 0 radical (unpaired) electrons. The highest BCUT2D eigenvalue weighted by atomic mass is 16.6. The molecule has 1 aromatic carbocycles. The minimum atomic E-state index is -0.413. The van der Waals surface area contributed by atoms with Crippen LogP contribution < -0.4 is 5.73 Å². The molecule has 6 nitrogen and oxygen atoms in total. The molecular weight excluding hydrogens is 246 g/mol. The molecule has 19 heavy (non-hydrogen) atoms. The van der Waals surface area contributed by atoms with Crippen molar-refractivity contribution in [3.8, 4) is 11.3 Å². The minimum Gasteiger partial charge on any atom is -0.441 e. The molecule has 1 heterocycles. The van der Waals surface area contributed by atoms with Crippen LogP contribution in [0.5, 0.6) is 0 Å². The van der Waals surface area contributed by atoms with Crippen LogP contribution in [-0.2, 0) is 6.42 Å². The van der Waals surface area contributed by atoms with E-state index in [9.17, 15) is 10.1 Å². The van der Waals surface area contributed by atoms with E-state index < -0.39 is 4.92 Å². The predicted octanol–water partition coefficient (Wildman–Crippen LogP) is 2.45. The van der Waals surface area contributed by atoms with Crippen LogP contribution in [0.4, 0.5) is 5.69 Å². The highest BCUT2D eigenvalue weighted by Gasteiger charge is 2.12. The third-order valence-electron chi connectivity index (χ3n) is 2.83. The number of nitrogens with two attached hydrogens (primary N) is 1. The Labute approximate surface area is 110 Å². The predicted molar refractivity (Wildman–Crippen MR) is 70.7 cm³/mol. The zero-order valence-corrected chi connectivity index (χ0v) is 10.6. The molecule has 1 aromatic heterocycles. The number of aromatic nitrogens is 1. The summed E-state index contributed by atoms with van der Waals surface area (Å²) in [6.45, 7) is 2.40. The van der Waals surface area contributed by atoms with Crippen molar-refractivity contribution in [3.05, 3.63) is 46.0 Å². The van der Waals surface area contributed by atoms with E-state index >= 15 is 0 Å². The SMILES string of the molecule is Cc1cc([N+](=O)[O-])ccc1-c1cnc(CCCN)o1. The Morgan fingerprint density at radius 3 is 2.89 bits per heavy atom. The van der Waals surface area contributed by atoms with Gasteiger partial charge in [0.05, 0.1) is 11.1 Å². The van der Waals surface area contributed by atoms with Gasteiger partial charge in [0.15, 0.2) is 11.7 Å². The Morgan fingerprint density at radius 1 is 1.47 bits per heavy atom. The van der Waals surface area contributed by atoms with Crippen LogP contribution >= 0.6 is 0 Å². The number of oxazole rings is 1. The van der Waals surface area contributed by atoms with Gasteiger partial charge < -0.3 is 10.2 Å². The first-order valence-electron chi connectivity index (χ1n) is 6.02. The number of nitro benzene ring substituents is 1. The molecule has 6 heteroatoms. The van der Waals surface area contributed by atoms with Gasteiger partial charge in [-0.25, -0.2) is 4.98 Å². The van der Waals surface area contributed by atoms with Gasteiger partial charge in [0.2, 0.25) is 0 Å². The fourth-order valence-corrected chi connectivity index (χ4v) is 1.84. The van der Waals surface area contributed by atoms with Gasteiger partial charge in [-0.3, -0.25) is 10.1 Å². The average molecular weight is 261 g/mol. The molecule has 0 atom stereocenters. The maximum atomic E-state index is 10.7. The van der Waals surface area contributed by atoms with Crippen LogP contribution in [0.25, 0.3) is 11.3 Å². The molecule has 0 saturated heterocycles. The molecular formula is C13H15N3O3. The molecule has 2 rings (SSSR count). The maximum Gasteiger partial charge on any atom is 0.269 e. The highest BCUT2D eigenvalue weighted by molar-refractivity contribution is 5.63. The molecule has 2 N–H and O–H groups in total. The number of non-ortho nitro benzene ring substituents is 1. The summed E-state index contributed by atoms with van der Waals surface area (Å²) in [6, 6.07) is 4.67. The Balaban J connectivity index is 2.26. The minimum absolute atomic E-state index is 0.0733. The molecule has 0 saturated carbocycles. The van der Waals surface area contributed by atoms with Crippen molar-refractivity contribution >= 4 is 5.69 Å². The van der Waals surface area contributed by atoms with Crippen molar-refractivity contribution in [1.82, 2.24) is 4.98 Å². The van der Waals surface area contributed by atoms with Crippen molar-refractivity contribution < 1.29 is 9.34 Å². The number of aryl methyl sites for hydroxylation is 2. The first-order chi connectivity index (χ1) is 9.11. The topological polar surface area (TPSA) is 95.2 Å². The number of hydrogen-bond acceptors (Lipinski definition) is 5. The Hall–Kier alpha value is -2.21. The summed E-state index contributed by atoms with van der Waals surface area (Å²) < 4.78 is 5.62. The number of hydrogen-bond donors (Lipinski definition) is 1. The fraction of sp³-hybridized carbons (Fsp3) is 0.308. The van der Waals surface area contributed by atoms with Gasteiger partial charge in [-0.1, -0.05) is 0 Å². The van der Waals surface area contributed by atoms with Gasteiger partial charge in [-0.05, 0) is 31.5 Å². The summed E-state index contributed by atoms with van der Waals surface area (Å²) in [7, 11) is 0. The van der Waals surface area contributed by atoms with Crippen LogP contribution in [0.1, 0.15) is 17.9 Å². The first kappa shape index (κ1) is 13.2. The highest BCUT2D eigenvalue weighted by Crippen LogP contribution is 2.27. The van der Waals surface area contributed by atoms with Crippen molar-refractivity contribution in [2.45, 2.75) is 19.8 Å². The molecule has 0 amide bonds. The van der Waals surface area contributed by atoms with Gasteiger partial charge in [0.25, 0.3) is 5.69 Å². The second kappa shape index (κ2) is 5.62. The number of nitro groups is 1. The summed E-state index contributed by atoms with van der Waals surface area (Å²) in [5.74, 6) is 1.26. The van der Waals surface area contributed by atoms with Gasteiger partial charge >= 0.3 is 0 Å². The molecule has 0 fully saturated rings. The molecule has 0 aliphatic carbocycles. The Morgan fingerprint density at radius 2 is 2.26 bits per heavy atom. The largest absolute Gasteiger partial charge is 0.441 e. The molecule has 0 bridgehead atoms. The number of benzene rings is 1. The zero-order chi connectivity index (χ0) is 13.8. The van der Waals surface area contributed by atoms with E-state index in [1.807, 2.05) is 6.92 Å². The summed E-state index contributed by atoms with van der Waals surface area (Å²) in [5.41, 5.74) is 7.11. The third-order valence-corrected chi connectivity index (χ3v) is 2.83. The van der Waals surface area contributed by atoms with Crippen LogP contribution in [-0.4, -0.2) is 16.5 Å². The first-order valence-corrected chi connectivity index (χ1v) is 6.02. The lowest BCUT2D eigenvalue weighted by molar-refractivity contribution is -0.384. The lowest BCUT2D eigenvalue weighted by atomic mass is 10.1. The monoisotopic (exact) mass is 261 g/mol. The van der Waals surface area contributed by atoms with Gasteiger partial charge in [0.1, 0.15) is 0 Å². The van der Waals surface area contributed by atoms with E-state index in [0.29, 0.717) is 24.6 Å². The zero-order valence-electron chi connectivity index (χ0n) is 10.6. The molecule has 100 valence electrons. The van der Waals surface area contributed by atoms with E-state index in [0.717, 1.165) is 17.5 Å². The fourth-order valence-electron chi connectivity index (χ4n) is 1.84. The molecule has 2 aromatic rings. The van der Waals surface area contributed by atoms with Crippen molar-refractivity contribution in [2.75, 3.05) is 6.54 Å². The summed E-state index contributed by atoms with van der Waals surface area (Å²) in [6.07, 6.45) is 3.15. The number of rotatable bonds is 5. The maximum absolute atomic E-state index is 10.7. The normalized spacial score (nSPS) is 10.6. The lowest BCUT2D eigenvalue weighted by Gasteiger charge is -2.01. The Kier molecular flexibility index (Phi) is 3.91. The van der Waals surface area contributed by atoms with Gasteiger partial charge in [0, 0.05) is 24.1 Å². The quantitative estimate of drug-likeness (QED) is 0.658. The van der Waals surface area contributed by atoms with Crippen LogP contribution in [0.15, 0.2) is 28.8 Å². The number of nitrogens with zero attached hydrogens (tertiary/aromatic N) is 2. The van der Waals surface area contributed by atoms with Crippen molar-refractivity contribution in [1.29, 1.82) is 0 Å². The average Bonchev–Trinajstić information content (AvgIpc) is 2.84. The molecule has 0 aliphatic rings.